The van der Waals surface area contributed by atoms with E-state index in [2.05, 4.69) is 0 Å². The first-order chi connectivity index (χ1) is 9.37. The van der Waals surface area contributed by atoms with Crippen molar-refractivity contribution in [1.82, 2.24) is 0 Å². The molecule has 0 aliphatic heterocycles. The highest BCUT2D eigenvalue weighted by atomic mass is 16.3. The lowest BCUT2D eigenvalue weighted by Gasteiger charge is -2.50. The van der Waals surface area contributed by atoms with E-state index in [0.717, 1.165) is 5.57 Å². The summed E-state index contributed by atoms with van der Waals surface area (Å²) in [6.07, 6.45) is 0.998. The second-order valence-electron chi connectivity index (χ2n) is 5.95. The first-order valence-corrected chi connectivity index (χ1v) is 6.93. The quantitative estimate of drug-likeness (QED) is 0.532. The van der Waals surface area contributed by atoms with Crippen LogP contribution in [0.2, 0.25) is 0 Å². The standard InChI is InChI=1S/C15H22O5/c1-8-11(18)4-3-10-5-12(19)13(9(6-16)7-17)14(20)15(8,10)2/h5,8,11,14,16-18,20H,3-4,6-7H2,1-2H3. The minimum Gasteiger partial charge on any atom is -0.393 e. The minimum absolute atomic E-state index is 0.0715. The molecule has 0 heterocycles. The largest absolute Gasteiger partial charge is 0.393 e. The highest BCUT2D eigenvalue weighted by Crippen LogP contribution is 2.51. The molecule has 5 nitrogen and oxygen atoms in total. The van der Waals surface area contributed by atoms with Gasteiger partial charge in [0.1, 0.15) is 0 Å². The van der Waals surface area contributed by atoms with E-state index >= 15 is 0 Å². The number of carbonyl (C=O) groups excluding carboxylic acids is 1. The maximum atomic E-state index is 12.2. The zero-order chi connectivity index (χ0) is 15.1. The van der Waals surface area contributed by atoms with E-state index < -0.39 is 30.8 Å². The van der Waals surface area contributed by atoms with Gasteiger partial charge in [0.25, 0.3) is 0 Å². The van der Waals surface area contributed by atoms with E-state index in [1.54, 1.807) is 0 Å². The van der Waals surface area contributed by atoms with Gasteiger partial charge in [-0.25, -0.2) is 0 Å². The highest BCUT2D eigenvalue weighted by molar-refractivity contribution is 6.07. The third-order valence-corrected chi connectivity index (χ3v) is 5.10. The van der Waals surface area contributed by atoms with E-state index in [4.69, 9.17) is 0 Å². The van der Waals surface area contributed by atoms with Crippen molar-refractivity contribution in [3.63, 3.8) is 0 Å². The van der Waals surface area contributed by atoms with Crippen molar-refractivity contribution in [2.75, 3.05) is 13.2 Å². The Hall–Kier alpha value is -1.01. The van der Waals surface area contributed by atoms with Crippen molar-refractivity contribution >= 4 is 5.78 Å². The van der Waals surface area contributed by atoms with Gasteiger partial charge in [0.05, 0.1) is 25.4 Å². The summed E-state index contributed by atoms with van der Waals surface area (Å²) in [6.45, 7) is 2.75. The van der Waals surface area contributed by atoms with Crippen molar-refractivity contribution in [2.45, 2.75) is 38.9 Å². The SMILES string of the molecule is CC1C(O)CCC2=CC(=O)C(=C(CO)CO)C(O)C21C. The average molecular weight is 282 g/mol. The van der Waals surface area contributed by atoms with Crippen molar-refractivity contribution in [2.24, 2.45) is 11.3 Å². The Bertz CT molecular complexity index is 473. The molecule has 1 fully saturated rings. The third kappa shape index (κ3) is 2.05. The van der Waals surface area contributed by atoms with Crippen molar-refractivity contribution in [3.05, 3.63) is 22.8 Å². The van der Waals surface area contributed by atoms with Crippen LogP contribution in [0.5, 0.6) is 0 Å². The molecular formula is C15H22O5. The summed E-state index contributed by atoms with van der Waals surface area (Å²) in [5.41, 5.74) is 0.316. The topological polar surface area (TPSA) is 98.0 Å². The van der Waals surface area contributed by atoms with Crippen molar-refractivity contribution < 1.29 is 25.2 Å². The fourth-order valence-corrected chi connectivity index (χ4v) is 3.43. The molecule has 20 heavy (non-hydrogen) atoms. The lowest BCUT2D eigenvalue weighted by atomic mass is 9.57. The Balaban J connectivity index is 2.58. The van der Waals surface area contributed by atoms with Gasteiger partial charge in [-0.15, -0.1) is 0 Å². The van der Waals surface area contributed by atoms with Gasteiger partial charge in [-0.1, -0.05) is 19.4 Å². The van der Waals surface area contributed by atoms with Crippen LogP contribution in [0, 0.1) is 11.3 Å². The highest BCUT2D eigenvalue weighted by Gasteiger charge is 2.52. The Kier molecular flexibility index (Phi) is 4.16. The molecule has 2 aliphatic rings. The van der Waals surface area contributed by atoms with Crippen LogP contribution in [0.15, 0.2) is 22.8 Å². The lowest BCUT2D eigenvalue weighted by molar-refractivity contribution is -0.116. The summed E-state index contributed by atoms with van der Waals surface area (Å²) >= 11 is 0. The monoisotopic (exact) mass is 282 g/mol. The molecular weight excluding hydrogens is 260 g/mol. The first kappa shape index (κ1) is 15.4. The van der Waals surface area contributed by atoms with Gasteiger partial charge < -0.3 is 20.4 Å². The number of hydrogen-bond acceptors (Lipinski definition) is 5. The third-order valence-electron chi connectivity index (χ3n) is 5.10. The number of aliphatic hydroxyl groups excluding tert-OH is 4. The Morgan fingerprint density at radius 2 is 1.95 bits per heavy atom. The number of hydrogen-bond donors (Lipinski definition) is 4. The van der Waals surface area contributed by atoms with Crippen LogP contribution in [0.4, 0.5) is 0 Å². The number of carbonyl (C=O) groups is 1. The normalized spacial score (nSPS) is 37.5. The van der Waals surface area contributed by atoms with Crippen LogP contribution in [-0.2, 0) is 4.79 Å². The van der Waals surface area contributed by atoms with E-state index in [9.17, 15) is 25.2 Å². The number of aliphatic hydroxyl groups is 4. The Morgan fingerprint density at radius 1 is 1.35 bits per heavy atom. The zero-order valence-corrected chi connectivity index (χ0v) is 11.8. The summed E-state index contributed by atoms with van der Waals surface area (Å²) in [7, 11) is 0. The number of allylic oxidation sites excluding steroid dienone is 1. The van der Waals surface area contributed by atoms with E-state index in [0.29, 0.717) is 12.8 Å². The molecule has 0 aromatic carbocycles. The van der Waals surface area contributed by atoms with Gasteiger partial charge in [0.2, 0.25) is 0 Å². The molecule has 0 aromatic rings. The number of fused-ring (bicyclic) bond motifs is 1. The lowest BCUT2D eigenvalue weighted by Crippen LogP contribution is -2.52. The summed E-state index contributed by atoms with van der Waals surface area (Å²) < 4.78 is 0. The smallest absolute Gasteiger partial charge is 0.184 e. The van der Waals surface area contributed by atoms with Crippen LogP contribution < -0.4 is 0 Å². The van der Waals surface area contributed by atoms with Crippen LogP contribution in [0.25, 0.3) is 0 Å². The zero-order valence-electron chi connectivity index (χ0n) is 11.8. The molecule has 0 amide bonds. The van der Waals surface area contributed by atoms with E-state index in [1.165, 1.54) is 6.08 Å². The summed E-state index contributed by atoms with van der Waals surface area (Å²) in [6, 6.07) is 0. The second kappa shape index (κ2) is 5.41. The molecule has 0 saturated heterocycles. The van der Waals surface area contributed by atoms with Gasteiger partial charge in [-0.3, -0.25) is 4.79 Å². The first-order valence-electron chi connectivity index (χ1n) is 6.93. The van der Waals surface area contributed by atoms with E-state index in [1.807, 2.05) is 13.8 Å². The number of ketones is 1. The van der Waals surface area contributed by atoms with Crippen molar-refractivity contribution in [1.29, 1.82) is 0 Å². The van der Waals surface area contributed by atoms with Crippen LogP contribution in [0.1, 0.15) is 26.7 Å². The molecule has 2 rings (SSSR count). The molecule has 2 aliphatic carbocycles. The summed E-state index contributed by atoms with van der Waals surface area (Å²) in [4.78, 5) is 12.2. The Morgan fingerprint density at radius 3 is 2.50 bits per heavy atom. The van der Waals surface area contributed by atoms with Gasteiger partial charge in [0.15, 0.2) is 5.78 Å². The molecule has 0 radical (unpaired) electrons. The van der Waals surface area contributed by atoms with E-state index in [-0.39, 0.29) is 22.8 Å². The molecule has 0 bridgehead atoms. The molecule has 1 saturated carbocycles. The molecule has 0 spiro atoms. The summed E-state index contributed by atoms with van der Waals surface area (Å²) in [5.74, 6) is -0.564. The second-order valence-corrected chi connectivity index (χ2v) is 5.95. The van der Waals surface area contributed by atoms with Gasteiger partial charge in [0, 0.05) is 11.0 Å². The molecule has 5 heteroatoms. The maximum Gasteiger partial charge on any atom is 0.184 e. The van der Waals surface area contributed by atoms with Gasteiger partial charge in [-0.05, 0) is 30.4 Å². The van der Waals surface area contributed by atoms with Gasteiger partial charge >= 0.3 is 0 Å². The number of rotatable bonds is 2. The maximum absolute atomic E-state index is 12.2. The fourth-order valence-electron chi connectivity index (χ4n) is 3.43. The summed E-state index contributed by atoms with van der Waals surface area (Å²) in [5, 5.41) is 39.2. The molecule has 4 N–H and O–H groups in total. The van der Waals surface area contributed by atoms with Crippen molar-refractivity contribution in [3.8, 4) is 0 Å². The predicted molar refractivity (Wildman–Crippen MR) is 72.8 cm³/mol. The van der Waals surface area contributed by atoms with Gasteiger partial charge in [-0.2, -0.15) is 0 Å². The molecule has 4 unspecified atom stereocenters. The Labute approximate surface area is 118 Å². The molecule has 112 valence electrons. The van der Waals surface area contributed by atoms with Crippen LogP contribution >= 0.6 is 0 Å². The minimum atomic E-state index is -1.12. The van der Waals surface area contributed by atoms with Crippen LogP contribution in [-0.4, -0.2) is 51.6 Å². The van der Waals surface area contributed by atoms with Crippen LogP contribution in [0.3, 0.4) is 0 Å². The fraction of sp³-hybridized carbons (Fsp3) is 0.667. The predicted octanol–water partition coefficient (Wildman–Crippen LogP) is -0.0653. The molecule has 0 aromatic heterocycles. The average Bonchev–Trinajstić information content (AvgIpc) is 2.43. The molecule has 4 atom stereocenters.